The van der Waals surface area contributed by atoms with Crippen LogP contribution in [0.5, 0.6) is 0 Å². The van der Waals surface area contributed by atoms with Crippen LogP contribution in [-0.2, 0) is 16.1 Å². The van der Waals surface area contributed by atoms with Crippen molar-refractivity contribution in [3.8, 4) is 0 Å². The Morgan fingerprint density at radius 1 is 1.26 bits per heavy atom. The van der Waals surface area contributed by atoms with Gasteiger partial charge in [0.2, 0.25) is 0 Å². The largest absolute Gasteiger partial charge is 0.328 e. The fourth-order valence-corrected chi connectivity index (χ4v) is 2.63. The second kappa shape index (κ2) is 4.97. The number of piperazine rings is 2. The summed E-state index contributed by atoms with van der Waals surface area (Å²) < 4.78 is 0. The molecule has 1 atom stereocenters. The van der Waals surface area contributed by atoms with E-state index in [4.69, 9.17) is 0 Å². The molecule has 2 aliphatic heterocycles. The number of hydrogen-bond donors (Lipinski definition) is 1. The molecule has 2 saturated heterocycles. The number of pyridine rings is 1. The number of nitrogens with zero attached hydrogens (tertiary/aromatic N) is 3. The maximum absolute atomic E-state index is 12.1. The molecule has 3 rings (SSSR count). The maximum Gasteiger partial charge on any atom is 0.312 e. The Balaban J connectivity index is 1.75. The van der Waals surface area contributed by atoms with Gasteiger partial charge in [-0.05, 0) is 17.7 Å². The van der Waals surface area contributed by atoms with Gasteiger partial charge < -0.3 is 15.1 Å². The number of amides is 2. The number of hydrogen-bond acceptors (Lipinski definition) is 4. The Morgan fingerprint density at radius 3 is 2.84 bits per heavy atom. The molecule has 0 saturated carbocycles. The van der Waals surface area contributed by atoms with Crippen LogP contribution in [0.25, 0.3) is 0 Å². The van der Waals surface area contributed by atoms with E-state index in [2.05, 4.69) is 10.3 Å². The van der Waals surface area contributed by atoms with Crippen molar-refractivity contribution in [3.05, 3.63) is 30.1 Å². The van der Waals surface area contributed by atoms with Crippen molar-refractivity contribution in [2.75, 3.05) is 26.2 Å². The predicted molar refractivity (Wildman–Crippen MR) is 68.0 cm³/mol. The molecule has 100 valence electrons. The minimum Gasteiger partial charge on any atom is -0.328 e. The average molecular weight is 260 g/mol. The van der Waals surface area contributed by atoms with Crippen molar-refractivity contribution in [1.82, 2.24) is 20.1 Å². The van der Waals surface area contributed by atoms with Crippen LogP contribution in [0.4, 0.5) is 0 Å². The lowest BCUT2D eigenvalue weighted by atomic mass is 10.1. The number of rotatable bonds is 2. The number of aromatic nitrogens is 1. The standard InChI is InChI=1S/C13H16N4O2/c18-12-13(19)17-6-5-15-7-11(17)9-16(12)8-10-1-3-14-4-2-10/h1-4,11,15H,5-9H2. The number of carbonyl (C=O) groups excluding carboxylic acids is 2. The van der Waals surface area contributed by atoms with Crippen LogP contribution in [0.3, 0.4) is 0 Å². The summed E-state index contributed by atoms with van der Waals surface area (Å²) in [5, 5.41) is 3.26. The van der Waals surface area contributed by atoms with Gasteiger partial charge in [-0.25, -0.2) is 0 Å². The summed E-state index contributed by atoms with van der Waals surface area (Å²) in [6, 6.07) is 3.83. The Hall–Kier alpha value is -1.95. The monoisotopic (exact) mass is 260 g/mol. The minimum absolute atomic E-state index is 0.0980. The average Bonchev–Trinajstić information content (AvgIpc) is 2.46. The normalized spacial score (nSPS) is 23.5. The summed E-state index contributed by atoms with van der Waals surface area (Å²) in [6.45, 7) is 3.21. The van der Waals surface area contributed by atoms with Gasteiger partial charge in [0, 0.05) is 45.1 Å². The van der Waals surface area contributed by atoms with Gasteiger partial charge in [0.05, 0.1) is 6.04 Å². The summed E-state index contributed by atoms with van der Waals surface area (Å²) in [5.74, 6) is -0.762. The minimum atomic E-state index is -0.394. The van der Waals surface area contributed by atoms with Gasteiger partial charge >= 0.3 is 11.8 Å². The van der Waals surface area contributed by atoms with E-state index >= 15 is 0 Å². The van der Waals surface area contributed by atoms with Gasteiger partial charge in [-0.3, -0.25) is 14.6 Å². The smallest absolute Gasteiger partial charge is 0.312 e. The second-order valence-electron chi connectivity index (χ2n) is 4.90. The van der Waals surface area contributed by atoms with Crippen LogP contribution in [0.15, 0.2) is 24.5 Å². The number of fused-ring (bicyclic) bond motifs is 1. The van der Waals surface area contributed by atoms with E-state index in [-0.39, 0.29) is 11.9 Å². The molecule has 0 bridgehead atoms. The third kappa shape index (κ3) is 2.31. The summed E-state index contributed by atoms with van der Waals surface area (Å²) in [7, 11) is 0. The first-order valence-electron chi connectivity index (χ1n) is 6.45. The zero-order valence-electron chi connectivity index (χ0n) is 10.6. The molecule has 3 heterocycles. The van der Waals surface area contributed by atoms with E-state index in [9.17, 15) is 9.59 Å². The van der Waals surface area contributed by atoms with Crippen LogP contribution < -0.4 is 5.32 Å². The van der Waals surface area contributed by atoms with Gasteiger partial charge in [-0.2, -0.15) is 0 Å². The van der Waals surface area contributed by atoms with Gasteiger partial charge in [0.1, 0.15) is 0 Å². The zero-order valence-corrected chi connectivity index (χ0v) is 10.6. The molecule has 2 amide bonds. The van der Waals surface area contributed by atoms with Gasteiger partial charge in [0.25, 0.3) is 0 Å². The van der Waals surface area contributed by atoms with Crippen LogP contribution in [0.1, 0.15) is 5.56 Å². The lowest BCUT2D eigenvalue weighted by Gasteiger charge is -2.43. The first-order chi connectivity index (χ1) is 9.25. The number of nitrogens with one attached hydrogen (secondary N) is 1. The highest BCUT2D eigenvalue weighted by Crippen LogP contribution is 2.16. The fourth-order valence-electron chi connectivity index (χ4n) is 2.63. The first kappa shape index (κ1) is 12.1. The third-order valence-electron chi connectivity index (χ3n) is 3.64. The summed E-state index contributed by atoms with van der Waals surface area (Å²) >= 11 is 0. The molecule has 2 aliphatic rings. The molecule has 1 N–H and O–H groups in total. The maximum atomic E-state index is 12.1. The quantitative estimate of drug-likeness (QED) is 0.709. The molecule has 6 heteroatoms. The molecule has 0 aromatic carbocycles. The van der Waals surface area contributed by atoms with E-state index < -0.39 is 5.91 Å². The van der Waals surface area contributed by atoms with E-state index in [1.807, 2.05) is 12.1 Å². The molecule has 1 aromatic rings. The van der Waals surface area contributed by atoms with Gasteiger partial charge in [0.15, 0.2) is 0 Å². The molecular weight excluding hydrogens is 244 g/mol. The SMILES string of the molecule is O=C1C(=O)N2CCNCC2CN1Cc1ccncc1. The highest BCUT2D eigenvalue weighted by Gasteiger charge is 2.39. The topological polar surface area (TPSA) is 65.5 Å². The van der Waals surface area contributed by atoms with E-state index in [0.717, 1.165) is 18.7 Å². The van der Waals surface area contributed by atoms with Crippen LogP contribution in [0, 0.1) is 0 Å². The Bertz CT molecular complexity index is 491. The zero-order chi connectivity index (χ0) is 13.2. The Labute approximate surface area is 111 Å². The van der Waals surface area contributed by atoms with Crippen LogP contribution >= 0.6 is 0 Å². The van der Waals surface area contributed by atoms with Crippen LogP contribution in [-0.4, -0.2) is 58.8 Å². The van der Waals surface area contributed by atoms with Crippen molar-refractivity contribution >= 4 is 11.8 Å². The molecule has 0 spiro atoms. The molecular formula is C13H16N4O2. The molecule has 1 unspecified atom stereocenters. The molecule has 1 aromatic heterocycles. The van der Waals surface area contributed by atoms with Gasteiger partial charge in [-0.1, -0.05) is 0 Å². The summed E-state index contributed by atoms with van der Waals surface area (Å²) in [5.41, 5.74) is 0.994. The van der Waals surface area contributed by atoms with E-state index in [1.54, 1.807) is 22.2 Å². The van der Waals surface area contributed by atoms with Crippen molar-refractivity contribution in [3.63, 3.8) is 0 Å². The second-order valence-corrected chi connectivity index (χ2v) is 4.90. The first-order valence-corrected chi connectivity index (χ1v) is 6.45. The fraction of sp³-hybridized carbons (Fsp3) is 0.462. The highest BCUT2D eigenvalue weighted by atomic mass is 16.2. The van der Waals surface area contributed by atoms with E-state index in [1.165, 1.54) is 0 Å². The molecule has 0 aliphatic carbocycles. The van der Waals surface area contributed by atoms with Crippen molar-refractivity contribution < 1.29 is 9.59 Å². The van der Waals surface area contributed by atoms with E-state index in [0.29, 0.717) is 19.6 Å². The van der Waals surface area contributed by atoms with Crippen molar-refractivity contribution in [1.29, 1.82) is 0 Å². The lowest BCUT2D eigenvalue weighted by Crippen LogP contribution is -2.65. The highest BCUT2D eigenvalue weighted by molar-refractivity contribution is 6.35. The molecule has 2 fully saturated rings. The van der Waals surface area contributed by atoms with Gasteiger partial charge in [-0.15, -0.1) is 0 Å². The number of carbonyl (C=O) groups is 2. The lowest BCUT2D eigenvalue weighted by molar-refractivity contribution is -0.160. The molecule has 0 radical (unpaired) electrons. The van der Waals surface area contributed by atoms with Crippen molar-refractivity contribution in [2.45, 2.75) is 12.6 Å². The molecule has 6 nitrogen and oxygen atoms in total. The van der Waals surface area contributed by atoms with Crippen LogP contribution in [0.2, 0.25) is 0 Å². The Kier molecular flexibility index (Phi) is 3.16. The summed E-state index contributed by atoms with van der Waals surface area (Å²) in [4.78, 5) is 31.4. The summed E-state index contributed by atoms with van der Waals surface area (Å²) in [6.07, 6.45) is 3.39. The third-order valence-corrected chi connectivity index (χ3v) is 3.64. The van der Waals surface area contributed by atoms with Crippen molar-refractivity contribution in [2.24, 2.45) is 0 Å². The predicted octanol–water partition coefficient (Wildman–Crippen LogP) is -0.776. The Morgan fingerprint density at radius 2 is 2.05 bits per heavy atom. The molecule has 19 heavy (non-hydrogen) atoms.